The van der Waals surface area contributed by atoms with Crippen molar-refractivity contribution in [1.29, 1.82) is 0 Å². The fraction of sp³-hybridized carbons (Fsp3) is 0.417. The molecular weight excluding hydrogens is 285 g/mol. The second-order valence-electron chi connectivity index (χ2n) is 4.64. The number of oxime groups is 1. The first-order valence-electron chi connectivity index (χ1n) is 6.16. The van der Waals surface area contributed by atoms with Gasteiger partial charge in [-0.25, -0.2) is 12.8 Å². The quantitative estimate of drug-likeness (QED) is 0.360. The highest BCUT2D eigenvalue weighted by atomic mass is 32.2. The lowest BCUT2D eigenvalue weighted by molar-refractivity contribution is 0.318. The minimum Gasteiger partial charge on any atom is -0.409 e. The minimum atomic E-state index is -3.03. The van der Waals surface area contributed by atoms with Crippen LogP contribution in [0, 0.1) is 5.82 Å². The summed E-state index contributed by atoms with van der Waals surface area (Å²) in [6.07, 6.45) is 0.495. The largest absolute Gasteiger partial charge is 0.409 e. The van der Waals surface area contributed by atoms with Crippen molar-refractivity contribution in [3.8, 4) is 0 Å². The van der Waals surface area contributed by atoms with E-state index in [1.807, 2.05) is 4.90 Å². The Labute approximate surface area is 116 Å². The monoisotopic (exact) mass is 301 g/mol. The summed E-state index contributed by atoms with van der Waals surface area (Å²) in [5.41, 5.74) is 6.38. The van der Waals surface area contributed by atoms with Crippen molar-refractivity contribution in [3.63, 3.8) is 0 Å². The van der Waals surface area contributed by atoms with E-state index in [-0.39, 0.29) is 22.9 Å². The Morgan fingerprint density at radius 3 is 2.80 bits per heavy atom. The normalized spacial score (nSPS) is 19.6. The third-order valence-corrected chi connectivity index (χ3v) is 4.95. The zero-order chi connectivity index (χ0) is 14.8. The van der Waals surface area contributed by atoms with Crippen LogP contribution in [0.15, 0.2) is 23.4 Å². The molecule has 0 amide bonds. The SMILES string of the molecule is N/C(=N/O)c1cc(F)ccc1N1CCCS(=O)(=O)CC1. The van der Waals surface area contributed by atoms with Crippen molar-refractivity contribution < 1.29 is 18.0 Å². The van der Waals surface area contributed by atoms with Gasteiger partial charge in [0.1, 0.15) is 5.82 Å². The van der Waals surface area contributed by atoms with Gasteiger partial charge in [-0.3, -0.25) is 0 Å². The lowest BCUT2D eigenvalue weighted by Crippen LogP contribution is -2.29. The molecule has 20 heavy (non-hydrogen) atoms. The fourth-order valence-electron chi connectivity index (χ4n) is 2.22. The molecule has 0 radical (unpaired) electrons. The molecule has 0 bridgehead atoms. The van der Waals surface area contributed by atoms with Gasteiger partial charge in [-0.15, -0.1) is 0 Å². The molecule has 1 heterocycles. The molecular formula is C12H16FN3O3S. The van der Waals surface area contributed by atoms with Crippen molar-refractivity contribution in [2.45, 2.75) is 6.42 Å². The van der Waals surface area contributed by atoms with Crippen LogP contribution in [0.4, 0.5) is 10.1 Å². The van der Waals surface area contributed by atoms with Gasteiger partial charge < -0.3 is 15.8 Å². The Morgan fingerprint density at radius 1 is 1.35 bits per heavy atom. The first-order chi connectivity index (χ1) is 9.43. The van der Waals surface area contributed by atoms with Gasteiger partial charge in [-0.2, -0.15) is 0 Å². The van der Waals surface area contributed by atoms with Gasteiger partial charge in [0, 0.05) is 24.3 Å². The number of nitrogens with two attached hydrogens (primary N) is 1. The van der Waals surface area contributed by atoms with Crippen LogP contribution in [0.1, 0.15) is 12.0 Å². The van der Waals surface area contributed by atoms with Gasteiger partial charge in [0.05, 0.1) is 11.5 Å². The summed E-state index contributed by atoms with van der Waals surface area (Å²) >= 11 is 0. The molecule has 6 nitrogen and oxygen atoms in total. The molecule has 110 valence electrons. The van der Waals surface area contributed by atoms with Gasteiger partial charge in [0.25, 0.3) is 0 Å². The van der Waals surface area contributed by atoms with Gasteiger partial charge in [0.15, 0.2) is 15.7 Å². The Balaban J connectivity index is 2.37. The number of benzene rings is 1. The lowest BCUT2D eigenvalue weighted by atomic mass is 10.1. The van der Waals surface area contributed by atoms with Gasteiger partial charge in [0.2, 0.25) is 0 Å². The number of rotatable bonds is 2. The molecule has 1 aliphatic rings. The summed E-state index contributed by atoms with van der Waals surface area (Å²) < 4.78 is 36.5. The zero-order valence-corrected chi connectivity index (χ0v) is 11.6. The number of hydrogen-bond acceptors (Lipinski definition) is 5. The third kappa shape index (κ3) is 3.19. The van der Waals surface area contributed by atoms with Crippen LogP contribution < -0.4 is 10.6 Å². The van der Waals surface area contributed by atoms with Crippen LogP contribution in [0.5, 0.6) is 0 Å². The molecule has 2 rings (SSSR count). The number of amidine groups is 1. The number of hydrogen-bond donors (Lipinski definition) is 2. The Kier molecular flexibility index (Phi) is 4.12. The topological polar surface area (TPSA) is 96.0 Å². The standard InChI is InChI=1S/C12H16FN3O3S/c13-9-2-3-11(10(8-9)12(14)15-17)16-4-1-6-20(18,19)7-5-16/h2-3,8,17H,1,4-7H2,(H2,14,15). The van der Waals surface area contributed by atoms with E-state index in [0.717, 1.165) is 0 Å². The number of sulfone groups is 1. The minimum absolute atomic E-state index is 0.0417. The van der Waals surface area contributed by atoms with Crippen molar-refractivity contribution in [2.75, 3.05) is 29.5 Å². The maximum atomic E-state index is 13.3. The Hall–Kier alpha value is -1.83. The average Bonchev–Trinajstić information content (AvgIpc) is 2.59. The second-order valence-corrected chi connectivity index (χ2v) is 6.94. The molecule has 0 saturated carbocycles. The van der Waals surface area contributed by atoms with Crippen molar-refractivity contribution in [1.82, 2.24) is 0 Å². The maximum absolute atomic E-state index is 13.3. The molecule has 1 fully saturated rings. The summed E-state index contributed by atoms with van der Waals surface area (Å²) in [7, 11) is -3.03. The molecule has 0 aromatic heterocycles. The third-order valence-electron chi connectivity index (χ3n) is 3.24. The highest BCUT2D eigenvalue weighted by Gasteiger charge is 2.22. The molecule has 8 heteroatoms. The lowest BCUT2D eigenvalue weighted by Gasteiger charge is -2.24. The van der Waals surface area contributed by atoms with Crippen LogP contribution in [0.3, 0.4) is 0 Å². The Morgan fingerprint density at radius 2 is 2.10 bits per heavy atom. The van der Waals surface area contributed by atoms with Crippen LogP contribution in [-0.2, 0) is 9.84 Å². The first kappa shape index (κ1) is 14.6. The average molecular weight is 301 g/mol. The molecule has 0 aliphatic carbocycles. The van der Waals surface area contributed by atoms with Crippen molar-refractivity contribution in [2.24, 2.45) is 10.9 Å². The van der Waals surface area contributed by atoms with Crippen LogP contribution in [0.2, 0.25) is 0 Å². The smallest absolute Gasteiger partial charge is 0.172 e. The molecule has 1 aliphatic heterocycles. The zero-order valence-electron chi connectivity index (χ0n) is 10.8. The van der Waals surface area contributed by atoms with Crippen LogP contribution >= 0.6 is 0 Å². The van der Waals surface area contributed by atoms with E-state index in [2.05, 4.69) is 5.16 Å². The second kappa shape index (κ2) is 5.66. The van der Waals surface area contributed by atoms with Crippen LogP contribution in [-0.4, -0.2) is 44.1 Å². The summed E-state index contributed by atoms with van der Waals surface area (Å²) in [4.78, 5) is 1.82. The van der Waals surface area contributed by atoms with E-state index in [1.165, 1.54) is 18.2 Å². The fourth-order valence-corrected chi connectivity index (χ4v) is 3.49. The van der Waals surface area contributed by atoms with E-state index in [4.69, 9.17) is 10.9 Å². The summed E-state index contributed by atoms with van der Waals surface area (Å²) in [6, 6.07) is 3.95. The van der Waals surface area contributed by atoms with E-state index in [9.17, 15) is 12.8 Å². The summed E-state index contributed by atoms with van der Waals surface area (Å²) in [5, 5.41) is 11.7. The predicted octanol–water partition coefficient (Wildman–Crippen LogP) is 0.545. The molecule has 0 unspecified atom stereocenters. The Bertz CT molecular complexity index is 631. The molecule has 1 aromatic carbocycles. The van der Waals surface area contributed by atoms with Crippen molar-refractivity contribution in [3.05, 3.63) is 29.6 Å². The van der Waals surface area contributed by atoms with Gasteiger partial charge in [-0.1, -0.05) is 5.16 Å². The summed E-state index contributed by atoms with van der Waals surface area (Å²) in [5.74, 6) is -0.520. The van der Waals surface area contributed by atoms with Crippen LogP contribution in [0.25, 0.3) is 0 Å². The van der Waals surface area contributed by atoms with Gasteiger partial charge in [-0.05, 0) is 24.6 Å². The summed E-state index contributed by atoms with van der Waals surface area (Å²) in [6.45, 7) is 0.830. The van der Waals surface area contributed by atoms with E-state index in [0.29, 0.717) is 25.2 Å². The van der Waals surface area contributed by atoms with E-state index >= 15 is 0 Å². The highest BCUT2D eigenvalue weighted by molar-refractivity contribution is 7.91. The number of nitrogens with zero attached hydrogens (tertiary/aromatic N) is 2. The highest BCUT2D eigenvalue weighted by Crippen LogP contribution is 2.23. The molecule has 3 N–H and O–H groups in total. The first-order valence-corrected chi connectivity index (χ1v) is 7.98. The molecule has 0 atom stereocenters. The maximum Gasteiger partial charge on any atom is 0.172 e. The number of anilines is 1. The molecule has 0 spiro atoms. The van der Waals surface area contributed by atoms with E-state index < -0.39 is 15.7 Å². The molecule has 1 aromatic rings. The number of halogens is 1. The van der Waals surface area contributed by atoms with E-state index in [1.54, 1.807) is 0 Å². The predicted molar refractivity (Wildman–Crippen MR) is 74.4 cm³/mol. The molecule has 1 saturated heterocycles. The van der Waals surface area contributed by atoms with Gasteiger partial charge >= 0.3 is 0 Å². The van der Waals surface area contributed by atoms with Crippen molar-refractivity contribution >= 4 is 21.4 Å².